The van der Waals surface area contributed by atoms with Gasteiger partial charge in [-0.05, 0) is 19.1 Å². The van der Waals surface area contributed by atoms with E-state index in [0.717, 1.165) is 5.69 Å². The van der Waals surface area contributed by atoms with Gasteiger partial charge in [0.2, 0.25) is 0 Å². The second-order valence-electron chi connectivity index (χ2n) is 3.91. The standard InChI is InChI=1S/C12H16N2O3/c1-9-11(3-2-4-13-9)12(15)14-7-10-8-16-5-6-17-10/h2-4,10H,5-8H2,1H3,(H,14,15). The Morgan fingerprint density at radius 3 is 3.18 bits per heavy atom. The van der Waals surface area contributed by atoms with Gasteiger partial charge in [0.1, 0.15) is 0 Å². The van der Waals surface area contributed by atoms with E-state index in [-0.39, 0.29) is 12.0 Å². The van der Waals surface area contributed by atoms with Gasteiger partial charge in [-0.1, -0.05) is 0 Å². The Morgan fingerprint density at radius 2 is 2.47 bits per heavy atom. The zero-order valence-electron chi connectivity index (χ0n) is 9.81. The molecular formula is C12H16N2O3. The van der Waals surface area contributed by atoms with Crippen molar-refractivity contribution in [1.82, 2.24) is 10.3 Å². The average molecular weight is 236 g/mol. The lowest BCUT2D eigenvalue weighted by molar-refractivity contribution is -0.0855. The number of amides is 1. The van der Waals surface area contributed by atoms with Crippen molar-refractivity contribution in [3.05, 3.63) is 29.6 Å². The monoisotopic (exact) mass is 236 g/mol. The fraction of sp³-hybridized carbons (Fsp3) is 0.500. The van der Waals surface area contributed by atoms with Crippen LogP contribution in [-0.4, -0.2) is 43.4 Å². The molecule has 1 aromatic heterocycles. The summed E-state index contributed by atoms with van der Waals surface area (Å²) in [7, 11) is 0. The number of ether oxygens (including phenoxy) is 2. The Bertz CT molecular complexity index is 389. The summed E-state index contributed by atoms with van der Waals surface area (Å²) in [5.41, 5.74) is 1.33. The third kappa shape index (κ3) is 3.25. The van der Waals surface area contributed by atoms with Crippen LogP contribution in [0.2, 0.25) is 0 Å². The van der Waals surface area contributed by atoms with Gasteiger partial charge in [0.25, 0.3) is 5.91 Å². The lowest BCUT2D eigenvalue weighted by Gasteiger charge is -2.23. The van der Waals surface area contributed by atoms with Gasteiger partial charge in [-0.15, -0.1) is 0 Å². The van der Waals surface area contributed by atoms with Gasteiger partial charge >= 0.3 is 0 Å². The number of hydrogen-bond donors (Lipinski definition) is 1. The summed E-state index contributed by atoms with van der Waals surface area (Å²) in [6.07, 6.45) is 1.62. The molecule has 0 aromatic carbocycles. The van der Waals surface area contributed by atoms with Crippen LogP contribution in [0.5, 0.6) is 0 Å². The number of carbonyl (C=O) groups is 1. The van der Waals surface area contributed by atoms with Crippen molar-refractivity contribution in [2.45, 2.75) is 13.0 Å². The topological polar surface area (TPSA) is 60.5 Å². The Labute approximate surface area is 100 Å². The molecule has 1 atom stereocenters. The summed E-state index contributed by atoms with van der Waals surface area (Å²) in [5, 5.41) is 2.83. The van der Waals surface area contributed by atoms with Gasteiger partial charge in [0.15, 0.2) is 0 Å². The average Bonchev–Trinajstić information content (AvgIpc) is 2.38. The molecule has 2 rings (SSSR count). The van der Waals surface area contributed by atoms with Crippen molar-refractivity contribution in [3.63, 3.8) is 0 Å². The van der Waals surface area contributed by atoms with Crippen LogP contribution in [0.1, 0.15) is 16.1 Å². The van der Waals surface area contributed by atoms with Crippen LogP contribution < -0.4 is 5.32 Å². The van der Waals surface area contributed by atoms with Crippen molar-refractivity contribution >= 4 is 5.91 Å². The molecule has 0 spiro atoms. The predicted molar refractivity (Wildman–Crippen MR) is 61.9 cm³/mol. The minimum absolute atomic E-state index is 0.0512. The molecule has 2 heterocycles. The van der Waals surface area contributed by atoms with E-state index in [1.165, 1.54) is 0 Å². The Hall–Kier alpha value is -1.46. The van der Waals surface area contributed by atoms with Crippen LogP contribution in [0.3, 0.4) is 0 Å². The summed E-state index contributed by atoms with van der Waals surface area (Å²) < 4.78 is 10.7. The summed E-state index contributed by atoms with van der Waals surface area (Å²) in [4.78, 5) is 15.9. The Kier molecular flexibility index (Phi) is 4.06. The lowest BCUT2D eigenvalue weighted by atomic mass is 10.2. The molecule has 1 fully saturated rings. The van der Waals surface area contributed by atoms with Crippen LogP contribution in [-0.2, 0) is 9.47 Å². The van der Waals surface area contributed by atoms with Gasteiger partial charge in [-0.3, -0.25) is 9.78 Å². The Morgan fingerprint density at radius 1 is 1.59 bits per heavy atom. The number of rotatable bonds is 3. The fourth-order valence-corrected chi connectivity index (χ4v) is 1.68. The molecule has 1 unspecified atom stereocenters. The summed E-state index contributed by atoms with van der Waals surface area (Å²) in [6.45, 7) is 4.03. The summed E-state index contributed by atoms with van der Waals surface area (Å²) in [6, 6.07) is 3.51. The normalized spacial score (nSPS) is 19.9. The number of pyridine rings is 1. The highest BCUT2D eigenvalue weighted by molar-refractivity contribution is 5.95. The fourth-order valence-electron chi connectivity index (χ4n) is 1.68. The molecule has 1 aliphatic rings. The molecule has 5 nitrogen and oxygen atoms in total. The van der Waals surface area contributed by atoms with Crippen molar-refractivity contribution < 1.29 is 14.3 Å². The Balaban J connectivity index is 1.87. The molecule has 1 aliphatic heterocycles. The molecule has 5 heteroatoms. The maximum absolute atomic E-state index is 11.9. The van der Waals surface area contributed by atoms with E-state index in [1.807, 2.05) is 6.92 Å². The molecule has 0 bridgehead atoms. The van der Waals surface area contributed by atoms with E-state index in [4.69, 9.17) is 9.47 Å². The first-order valence-corrected chi connectivity index (χ1v) is 5.66. The summed E-state index contributed by atoms with van der Waals surface area (Å²) >= 11 is 0. The van der Waals surface area contributed by atoms with E-state index in [0.29, 0.717) is 31.9 Å². The first-order chi connectivity index (χ1) is 8.27. The molecule has 0 radical (unpaired) electrons. The molecule has 1 N–H and O–H groups in total. The van der Waals surface area contributed by atoms with Crippen molar-refractivity contribution in [2.24, 2.45) is 0 Å². The highest BCUT2D eigenvalue weighted by atomic mass is 16.6. The smallest absolute Gasteiger partial charge is 0.253 e. The van der Waals surface area contributed by atoms with Crippen molar-refractivity contribution in [2.75, 3.05) is 26.4 Å². The largest absolute Gasteiger partial charge is 0.376 e. The van der Waals surface area contributed by atoms with Gasteiger partial charge < -0.3 is 14.8 Å². The van der Waals surface area contributed by atoms with Crippen molar-refractivity contribution in [3.8, 4) is 0 Å². The zero-order valence-corrected chi connectivity index (χ0v) is 9.81. The molecule has 92 valence electrons. The van der Waals surface area contributed by atoms with E-state index in [1.54, 1.807) is 18.3 Å². The van der Waals surface area contributed by atoms with Crippen LogP contribution in [0.4, 0.5) is 0 Å². The first-order valence-electron chi connectivity index (χ1n) is 5.66. The molecule has 1 saturated heterocycles. The molecule has 17 heavy (non-hydrogen) atoms. The predicted octanol–water partition coefficient (Wildman–Crippen LogP) is 0.535. The summed E-state index contributed by atoms with van der Waals surface area (Å²) in [5.74, 6) is -0.121. The quantitative estimate of drug-likeness (QED) is 0.832. The molecule has 1 aromatic rings. The molecule has 1 amide bonds. The SMILES string of the molecule is Cc1ncccc1C(=O)NCC1COCCO1. The number of carbonyl (C=O) groups excluding carboxylic acids is 1. The van der Waals surface area contributed by atoms with E-state index in [9.17, 15) is 4.79 Å². The zero-order chi connectivity index (χ0) is 12.1. The molecule has 0 aliphatic carbocycles. The van der Waals surface area contributed by atoms with Crippen LogP contribution in [0.25, 0.3) is 0 Å². The molecular weight excluding hydrogens is 220 g/mol. The highest BCUT2D eigenvalue weighted by Crippen LogP contribution is 2.04. The maximum atomic E-state index is 11.9. The van der Waals surface area contributed by atoms with Crippen LogP contribution in [0, 0.1) is 6.92 Å². The maximum Gasteiger partial charge on any atom is 0.253 e. The van der Waals surface area contributed by atoms with Crippen LogP contribution in [0.15, 0.2) is 18.3 Å². The first kappa shape index (κ1) is 12.0. The third-order valence-electron chi connectivity index (χ3n) is 2.63. The number of nitrogens with one attached hydrogen (secondary N) is 1. The van der Waals surface area contributed by atoms with Gasteiger partial charge in [0, 0.05) is 18.4 Å². The van der Waals surface area contributed by atoms with Gasteiger partial charge in [0.05, 0.1) is 31.5 Å². The van der Waals surface area contributed by atoms with E-state index >= 15 is 0 Å². The van der Waals surface area contributed by atoms with Crippen molar-refractivity contribution in [1.29, 1.82) is 0 Å². The lowest BCUT2D eigenvalue weighted by Crippen LogP contribution is -2.39. The second kappa shape index (κ2) is 5.75. The minimum Gasteiger partial charge on any atom is -0.376 e. The van der Waals surface area contributed by atoms with Gasteiger partial charge in [-0.2, -0.15) is 0 Å². The second-order valence-corrected chi connectivity index (χ2v) is 3.91. The minimum atomic E-state index is -0.121. The van der Waals surface area contributed by atoms with E-state index < -0.39 is 0 Å². The third-order valence-corrected chi connectivity index (χ3v) is 2.63. The number of nitrogens with zero attached hydrogens (tertiary/aromatic N) is 1. The number of hydrogen-bond acceptors (Lipinski definition) is 4. The molecule has 0 saturated carbocycles. The van der Waals surface area contributed by atoms with E-state index in [2.05, 4.69) is 10.3 Å². The number of aryl methyl sites for hydroxylation is 1. The van der Waals surface area contributed by atoms with Gasteiger partial charge in [-0.25, -0.2) is 0 Å². The highest BCUT2D eigenvalue weighted by Gasteiger charge is 2.16. The van der Waals surface area contributed by atoms with Crippen LogP contribution >= 0.6 is 0 Å². The number of aromatic nitrogens is 1.